The Morgan fingerprint density at radius 3 is 2.28 bits per heavy atom. The van der Waals surface area contributed by atoms with Gasteiger partial charge in [0.25, 0.3) is 5.91 Å². The van der Waals surface area contributed by atoms with Crippen LogP contribution < -0.4 is 5.32 Å². The first-order valence-corrected chi connectivity index (χ1v) is 14.8. The predicted octanol–water partition coefficient (Wildman–Crippen LogP) is 3.69. The van der Waals surface area contributed by atoms with Gasteiger partial charge in [0.05, 0.1) is 11.8 Å². The van der Waals surface area contributed by atoms with Gasteiger partial charge in [-0.1, -0.05) is 76.6 Å². The standard InChI is InChI=1S/C26H25BrN2O5S2/c1-35-14-18-15-36-25-21(28-20(31)12-19(30)13-27)24(32)29(25)22(18)26(33)34-23(16-8-4-2-5-9-16)17-10-6-3-7-11-17/h2-11,21,23,25H,12-15H2,1H3,(H,28,31)/t21?,25-/m0/s1. The first kappa shape index (κ1) is 26.5. The van der Waals surface area contributed by atoms with E-state index in [1.807, 2.05) is 66.9 Å². The van der Waals surface area contributed by atoms with Gasteiger partial charge in [-0.2, -0.15) is 11.8 Å². The lowest BCUT2D eigenvalue weighted by Gasteiger charge is -2.49. The molecule has 0 aromatic heterocycles. The molecule has 1 N–H and O–H groups in total. The smallest absolute Gasteiger partial charge is 0.356 e. The number of benzene rings is 2. The second-order valence-corrected chi connectivity index (χ2v) is 10.8. The zero-order valence-electron chi connectivity index (χ0n) is 19.5. The fourth-order valence-electron chi connectivity index (χ4n) is 4.15. The van der Waals surface area contributed by atoms with E-state index in [0.717, 1.165) is 16.7 Å². The lowest BCUT2D eigenvalue weighted by molar-refractivity contribution is -0.154. The van der Waals surface area contributed by atoms with Crippen LogP contribution in [-0.4, -0.2) is 63.0 Å². The number of halogens is 1. The number of nitrogens with one attached hydrogen (secondary N) is 1. The van der Waals surface area contributed by atoms with Crippen molar-refractivity contribution < 1.29 is 23.9 Å². The van der Waals surface area contributed by atoms with Crippen LogP contribution in [0.3, 0.4) is 0 Å². The summed E-state index contributed by atoms with van der Waals surface area (Å²) in [5.74, 6) is -0.621. The first-order valence-electron chi connectivity index (χ1n) is 11.3. The second-order valence-electron chi connectivity index (χ2n) is 8.30. The number of esters is 1. The van der Waals surface area contributed by atoms with Crippen molar-refractivity contribution in [2.45, 2.75) is 23.9 Å². The zero-order chi connectivity index (χ0) is 25.7. The fraction of sp³-hybridized carbons (Fsp3) is 0.308. The molecule has 0 spiro atoms. The zero-order valence-corrected chi connectivity index (χ0v) is 22.7. The summed E-state index contributed by atoms with van der Waals surface area (Å²) in [7, 11) is 0. The van der Waals surface area contributed by atoms with E-state index < -0.39 is 29.4 Å². The number of carbonyl (C=O) groups excluding carboxylic acids is 4. The molecular formula is C26H25BrN2O5S2. The van der Waals surface area contributed by atoms with Crippen LogP contribution in [0, 0.1) is 0 Å². The van der Waals surface area contributed by atoms with Crippen molar-refractivity contribution in [2.24, 2.45) is 0 Å². The summed E-state index contributed by atoms with van der Waals surface area (Å²) >= 11 is 6.09. The number of carbonyl (C=O) groups is 4. The number of thioether (sulfide) groups is 2. The third-order valence-corrected chi connectivity index (χ3v) is 8.41. The van der Waals surface area contributed by atoms with Crippen LogP contribution in [0.1, 0.15) is 23.7 Å². The monoisotopic (exact) mass is 588 g/mol. The molecule has 7 nitrogen and oxygen atoms in total. The molecule has 2 aromatic rings. The maximum Gasteiger partial charge on any atom is 0.356 e. The second kappa shape index (κ2) is 12.1. The van der Waals surface area contributed by atoms with Crippen LogP contribution >= 0.6 is 39.5 Å². The first-order chi connectivity index (χ1) is 17.4. The summed E-state index contributed by atoms with van der Waals surface area (Å²) in [5, 5.41) is 2.30. The number of ether oxygens (including phenoxy) is 1. The number of alkyl halides is 1. The SMILES string of the molecule is CSCC1=C(C(=O)OC(c2ccccc2)c2ccccc2)N2C(=O)C(NC(=O)CC(=O)CBr)[C@@H]2SC1. The lowest BCUT2D eigenvalue weighted by Crippen LogP contribution is -2.70. The van der Waals surface area contributed by atoms with E-state index in [9.17, 15) is 19.2 Å². The molecule has 0 bridgehead atoms. The van der Waals surface area contributed by atoms with E-state index in [4.69, 9.17) is 4.74 Å². The molecule has 0 aliphatic carbocycles. The Morgan fingerprint density at radius 2 is 1.72 bits per heavy atom. The highest BCUT2D eigenvalue weighted by molar-refractivity contribution is 9.09. The molecule has 2 atom stereocenters. The van der Waals surface area contributed by atoms with E-state index in [1.165, 1.54) is 16.7 Å². The number of hydrogen-bond donors (Lipinski definition) is 1. The molecule has 2 heterocycles. The molecular weight excluding hydrogens is 564 g/mol. The average molecular weight is 590 g/mol. The van der Waals surface area contributed by atoms with E-state index in [-0.39, 0.29) is 29.1 Å². The third-order valence-electron chi connectivity index (χ3n) is 5.81. The number of hydrogen-bond acceptors (Lipinski definition) is 7. The van der Waals surface area contributed by atoms with Gasteiger partial charge < -0.3 is 10.1 Å². The summed E-state index contributed by atoms with van der Waals surface area (Å²) in [5.41, 5.74) is 2.71. The van der Waals surface area contributed by atoms with Gasteiger partial charge in [0.15, 0.2) is 11.9 Å². The highest BCUT2D eigenvalue weighted by atomic mass is 79.9. The molecule has 2 aliphatic rings. The van der Waals surface area contributed by atoms with Crippen molar-refractivity contribution in [1.82, 2.24) is 10.2 Å². The Bertz CT molecular complexity index is 1140. The van der Waals surface area contributed by atoms with Crippen molar-refractivity contribution in [2.75, 3.05) is 23.1 Å². The maximum absolute atomic E-state index is 13.7. The van der Waals surface area contributed by atoms with Gasteiger partial charge in [0.2, 0.25) is 5.91 Å². The maximum atomic E-state index is 13.7. The minimum Gasteiger partial charge on any atom is -0.448 e. The Kier molecular flexibility index (Phi) is 8.92. The van der Waals surface area contributed by atoms with Gasteiger partial charge in [-0.15, -0.1) is 11.8 Å². The predicted molar refractivity (Wildman–Crippen MR) is 145 cm³/mol. The molecule has 188 valence electrons. The van der Waals surface area contributed by atoms with Crippen LogP contribution in [0.4, 0.5) is 0 Å². The largest absolute Gasteiger partial charge is 0.448 e. The average Bonchev–Trinajstić information content (AvgIpc) is 2.91. The Labute approximate surface area is 226 Å². The van der Waals surface area contributed by atoms with E-state index in [1.54, 1.807) is 11.8 Å². The number of rotatable bonds is 10. The van der Waals surface area contributed by atoms with Crippen molar-refractivity contribution >= 4 is 63.0 Å². The number of β-lactam (4-membered cyclic amide) rings is 1. The number of ketones is 1. The Balaban J connectivity index is 1.58. The van der Waals surface area contributed by atoms with E-state index in [0.29, 0.717) is 11.5 Å². The molecule has 36 heavy (non-hydrogen) atoms. The molecule has 4 rings (SSSR count). The number of fused-ring (bicyclic) bond motifs is 1. The summed E-state index contributed by atoms with van der Waals surface area (Å²) in [6, 6.07) is 18.1. The van der Waals surface area contributed by atoms with Gasteiger partial charge in [0, 0.05) is 11.5 Å². The van der Waals surface area contributed by atoms with Crippen molar-refractivity contribution in [3.63, 3.8) is 0 Å². The summed E-state index contributed by atoms with van der Waals surface area (Å²) in [6.45, 7) is 0. The van der Waals surface area contributed by atoms with Crippen LogP contribution in [0.15, 0.2) is 71.9 Å². The third kappa shape index (κ3) is 5.71. The van der Waals surface area contributed by atoms with Crippen molar-refractivity contribution in [3.8, 4) is 0 Å². The van der Waals surface area contributed by atoms with E-state index >= 15 is 0 Å². The van der Waals surface area contributed by atoms with Crippen LogP contribution in [0.5, 0.6) is 0 Å². The molecule has 1 saturated heterocycles. The van der Waals surface area contributed by atoms with Gasteiger partial charge >= 0.3 is 5.97 Å². The number of Topliss-reactive ketones (excluding diaryl/α,β-unsaturated/α-hetero) is 1. The molecule has 0 radical (unpaired) electrons. The lowest BCUT2D eigenvalue weighted by atomic mass is 10.0. The van der Waals surface area contributed by atoms with Crippen LogP contribution in [0.25, 0.3) is 0 Å². The van der Waals surface area contributed by atoms with Crippen LogP contribution in [0.2, 0.25) is 0 Å². The Hall–Kier alpha value is -2.56. The highest BCUT2D eigenvalue weighted by Gasteiger charge is 2.54. The molecule has 0 saturated carbocycles. The summed E-state index contributed by atoms with van der Waals surface area (Å²) in [6.07, 6.45) is 0.994. The highest BCUT2D eigenvalue weighted by Crippen LogP contribution is 2.42. The molecule has 2 aromatic carbocycles. The van der Waals surface area contributed by atoms with Crippen molar-refractivity contribution in [1.29, 1.82) is 0 Å². The van der Waals surface area contributed by atoms with Gasteiger partial charge in [-0.05, 0) is 23.0 Å². The van der Waals surface area contributed by atoms with Crippen LogP contribution in [-0.2, 0) is 23.9 Å². The van der Waals surface area contributed by atoms with E-state index in [2.05, 4.69) is 21.2 Å². The normalized spacial score (nSPS) is 19.0. The fourth-order valence-corrected chi connectivity index (χ4v) is 6.42. The molecule has 10 heteroatoms. The molecule has 2 amide bonds. The summed E-state index contributed by atoms with van der Waals surface area (Å²) < 4.78 is 6.08. The minimum atomic E-state index is -0.789. The summed E-state index contributed by atoms with van der Waals surface area (Å²) in [4.78, 5) is 52.1. The number of nitrogens with zero attached hydrogens (tertiary/aromatic N) is 1. The number of amides is 2. The van der Waals surface area contributed by atoms with Gasteiger partial charge in [-0.3, -0.25) is 19.3 Å². The van der Waals surface area contributed by atoms with Gasteiger partial charge in [-0.25, -0.2) is 4.79 Å². The topological polar surface area (TPSA) is 92.8 Å². The molecule has 2 aliphatic heterocycles. The minimum absolute atomic E-state index is 0.0735. The quantitative estimate of drug-likeness (QED) is 0.196. The van der Waals surface area contributed by atoms with Crippen molar-refractivity contribution in [3.05, 3.63) is 83.1 Å². The molecule has 1 fully saturated rings. The Morgan fingerprint density at radius 1 is 1.11 bits per heavy atom. The van der Waals surface area contributed by atoms with Gasteiger partial charge in [0.1, 0.15) is 17.1 Å². The molecule has 1 unspecified atom stereocenters.